The van der Waals surface area contributed by atoms with Crippen LogP contribution >= 0.6 is 0 Å². The van der Waals surface area contributed by atoms with E-state index in [2.05, 4.69) is 0 Å². The predicted molar refractivity (Wildman–Crippen MR) is 103 cm³/mol. The molecule has 0 amide bonds. The Balaban J connectivity index is 1.78. The Kier molecular flexibility index (Phi) is 5.13. The third-order valence-electron chi connectivity index (χ3n) is 4.85. The molecule has 3 rings (SSSR count). The van der Waals surface area contributed by atoms with Crippen molar-refractivity contribution in [2.45, 2.75) is 38.7 Å². The van der Waals surface area contributed by atoms with Crippen molar-refractivity contribution >= 4 is 5.78 Å². The molecule has 1 aliphatic rings. The van der Waals surface area contributed by atoms with Crippen LogP contribution in [0.2, 0.25) is 0 Å². The highest BCUT2D eigenvalue weighted by Gasteiger charge is 2.40. The number of aliphatic hydroxyl groups is 1. The van der Waals surface area contributed by atoms with E-state index in [1.807, 2.05) is 37.3 Å². The van der Waals surface area contributed by atoms with Crippen LogP contribution in [0.15, 0.2) is 54.3 Å². The molecule has 2 N–H and O–H groups in total. The van der Waals surface area contributed by atoms with Crippen molar-refractivity contribution in [1.82, 2.24) is 0 Å². The number of rotatable bonds is 5. The lowest BCUT2D eigenvalue weighted by Gasteiger charge is -2.34. The summed E-state index contributed by atoms with van der Waals surface area (Å²) in [5.74, 6) is 0.686. The summed E-state index contributed by atoms with van der Waals surface area (Å²) in [7, 11) is 0. The van der Waals surface area contributed by atoms with Gasteiger partial charge in [0.25, 0.3) is 0 Å². The van der Waals surface area contributed by atoms with Gasteiger partial charge >= 0.3 is 0 Å². The molecular formula is C22H24O5. The summed E-state index contributed by atoms with van der Waals surface area (Å²) in [6, 6.07) is 13.0. The molecule has 1 aliphatic heterocycles. The predicted octanol–water partition coefficient (Wildman–Crippen LogP) is 4.76. The number of phenolic OH excluding ortho intramolecular Hbond substituents is 1. The molecule has 0 aliphatic carbocycles. The average molecular weight is 368 g/mol. The lowest BCUT2D eigenvalue weighted by atomic mass is 9.86. The molecule has 1 atom stereocenters. The van der Waals surface area contributed by atoms with E-state index in [1.54, 1.807) is 26.0 Å². The van der Waals surface area contributed by atoms with E-state index in [-0.39, 0.29) is 22.8 Å². The molecule has 5 heteroatoms. The van der Waals surface area contributed by atoms with E-state index < -0.39 is 11.4 Å². The van der Waals surface area contributed by atoms with Gasteiger partial charge in [0.05, 0.1) is 18.4 Å². The largest absolute Gasteiger partial charge is 0.515 e. The van der Waals surface area contributed by atoms with Gasteiger partial charge < -0.3 is 19.7 Å². The molecule has 1 heterocycles. The van der Waals surface area contributed by atoms with Gasteiger partial charge in [-0.15, -0.1) is 0 Å². The lowest BCUT2D eigenvalue weighted by Crippen LogP contribution is -2.39. The first kappa shape index (κ1) is 18.8. The number of carbonyl (C=O) groups is 1. The molecule has 2 aromatic carbocycles. The average Bonchev–Trinajstić information content (AvgIpc) is 2.61. The number of Topliss-reactive ketones (excluding diaryl/α,β-unsaturated/α-hetero) is 1. The van der Waals surface area contributed by atoms with E-state index in [1.165, 1.54) is 0 Å². The molecule has 0 radical (unpaired) electrons. The van der Waals surface area contributed by atoms with Crippen molar-refractivity contribution in [2.75, 3.05) is 6.61 Å². The molecule has 2 aromatic rings. The second-order valence-corrected chi connectivity index (χ2v) is 7.25. The third-order valence-corrected chi connectivity index (χ3v) is 4.85. The monoisotopic (exact) mass is 368 g/mol. The SMILES string of the molecule is CC(CCOc1ccccc1)c1cc(O)c2c(c1)OC(C)(C)/C(=C\O)C2=O. The summed E-state index contributed by atoms with van der Waals surface area (Å²) in [5, 5.41) is 19.8. The number of para-hydroxylation sites is 1. The zero-order valence-electron chi connectivity index (χ0n) is 15.7. The molecule has 0 bridgehead atoms. The van der Waals surface area contributed by atoms with Crippen molar-refractivity contribution in [1.29, 1.82) is 0 Å². The van der Waals surface area contributed by atoms with Crippen LogP contribution in [0.3, 0.4) is 0 Å². The Morgan fingerprint density at radius 3 is 2.59 bits per heavy atom. The van der Waals surface area contributed by atoms with E-state index in [0.29, 0.717) is 12.4 Å². The van der Waals surface area contributed by atoms with Crippen LogP contribution in [0.1, 0.15) is 49.0 Å². The van der Waals surface area contributed by atoms with Gasteiger partial charge in [-0.25, -0.2) is 0 Å². The van der Waals surface area contributed by atoms with Crippen LogP contribution < -0.4 is 9.47 Å². The molecule has 0 aromatic heterocycles. The van der Waals surface area contributed by atoms with Crippen LogP contribution in [0.4, 0.5) is 0 Å². The Morgan fingerprint density at radius 2 is 1.93 bits per heavy atom. The zero-order valence-corrected chi connectivity index (χ0v) is 15.7. The van der Waals surface area contributed by atoms with Gasteiger partial charge in [-0.1, -0.05) is 25.1 Å². The van der Waals surface area contributed by atoms with Crippen LogP contribution in [-0.4, -0.2) is 28.2 Å². The highest BCUT2D eigenvalue weighted by Crippen LogP contribution is 2.42. The molecular weight excluding hydrogens is 344 g/mol. The van der Waals surface area contributed by atoms with E-state index in [9.17, 15) is 15.0 Å². The lowest BCUT2D eigenvalue weighted by molar-refractivity contribution is 0.0838. The summed E-state index contributed by atoms with van der Waals surface area (Å²) < 4.78 is 11.6. The normalized spacial score (nSPS) is 17.9. The molecule has 1 unspecified atom stereocenters. The van der Waals surface area contributed by atoms with Gasteiger partial charge in [0, 0.05) is 0 Å². The fourth-order valence-corrected chi connectivity index (χ4v) is 3.20. The van der Waals surface area contributed by atoms with Crippen molar-refractivity contribution in [3.8, 4) is 17.2 Å². The molecule has 142 valence electrons. The quantitative estimate of drug-likeness (QED) is 0.588. The number of carbonyl (C=O) groups excluding carboxylic acids is 1. The fourth-order valence-electron chi connectivity index (χ4n) is 3.20. The van der Waals surface area contributed by atoms with Crippen molar-refractivity contribution in [2.24, 2.45) is 0 Å². The van der Waals surface area contributed by atoms with E-state index in [4.69, 9.17) is 9.47 Å². The van der Waals surface area contributed by atoms with Crippen LogP contribution in [0.5, 0.6) is 17.2 Å². The van der Waals surface area contributed by atoms with Gasteiger partial charge in [-0.3, -0.25) is 4.79 Å². The minimum atomic E-state index is -0.969. The van der Waals surface area contributed by atoms with E-state index in [0.717, 1.165) is 24.0 Å². The Hall–Kier alpha value is -2.95. The second-order valence-electron chi connectivity index (χ2n) is 7.25. The molecule has 5 nitrogen and oxygen atoms in total. The summed E-state index contributed by atoms with van der Waals surface area (Å²) in [6.07, 6.45) is 1.49. The smallest absolute Gasteiger partial charge is 0.203 e. The summed E-state index contributed by atoms with van der Waals surface area (Å²) in [5.41, 5.74) is 0.0974. The maximum absolute atomic E-state index is 12.6. The van der Waals surface area contributed by atoms with Crippen LogP contribution in [-0.2, 0) is 0 Å². The third kappa shape index (κ3) is 3.77. The Morgan fingerprint density at radius 1 is 1.22 bits per heavy atom. The maximum atomic E-state index is 12.6. The minimum Gasteiger partial charge on any atom is -0.515 e. The van der Waals surface area contributed by atoms with Crippen LogP contribution in [0.25, 0.3) is 0 Å². The molecule has 0 fully saturated rings. The Bertz CT molecular complexity index is 868. The number of fused-ring (bicyclic) bond motifs is 1. The highest BCUT2D eigenvalue weighted by molar-refractivity contribution is 6.14. The number of ketones is 1. The number of aromatic hydroxyl groups is 1. The van der Waals surface area contributed by atoms with Gasteiger partial charge in [0.1, 0.15) is 28.4 Å². The van der Waals surface area contributed by atoms with Gasteiger partial charge in [0.2, 0.25) is 5.78 Å². The number of aliphatic hydroxyl groups excluding tert-OH is 1. The number of benzene rings is 2. The standard InChI is InChI=1S/C22H24O5/c1-14(9-10-26-16-7-5-4-6-8-16)15-11-18(24)20-19(12-15)27-22(2,3)17(13-23)21(20)25/h4-8,11-14,23-24H,9-10H2,1-3H3/b17-13-. The maximum Gasteiger partial charge on any atom is 0.203 e. The van der Waals surface area contributed by atoms with Gasteiger partial charge in [-0.05, 0) is 56.0 Å². The number of hydrogen-bond acceptors (Lipinski definition) is 5. The van der Waals surface area contributed by atoms with Crippen LogP contribution in [0, 0.1) is 0 Å². The Labute approximate surface area is 158 Å². The van der Waals surface area contributed by atoms with Crippen molar-refractivity contribution in [3.63, 3.8) is 0 Å². The molecule has 27 heavy (non-hydrogen) atoms. The van der Waals surface area contributed by atoms with Crippen molar-refractivity contribution < 1.29 is 24.5 Å². The summed E-state index contributed by atoms with van der Waals surface area (Å²) in [6.45, 7) is 5.98. The fraction of sp³-hybridized carbons (Fsp3) is 0.318. The summed E-state index contributed by atoms with van der Waals surface area (Å²) in [4.78, 5) is 12.6. The first-order valence-electron chi connectivity index (χ1n) is 8.97. The first-order valence-corrected chi connectivity index (χ1v) is 8.97. The number of ether oxygens (including phenoxy) is 2. The number of hydrogen-bond donors (Lipinski definition) is 2. The summed E-state index contributed by atoms with van der Waals surface area (Å²) >= 11 is 0. The molecule has 0 spiro atoms. The van der Waals surface area contributed by atoms with E-state index >= 15 is 0 Å². The second kappa shape index (κ2) is 7.35. The molecule has 0 saturated heterocycles. The number of phenols is 1. The van der Waals surface area contributed by atoms with Crippen molar-refractivity contribution in [3.05, 3.63) is 65.4 Å². The minimum absolute atomic E-state index is 0.0890. The first-order chi connectivity index (χ1) is 12.8. The van der Waals surface area contributed by atoms with Gasteiger partial charge in [0.15, 0.2) is 0 Å². The zero-order chi connectivity index (χ0) is 19.6. The highest BCUT2D eigenvalue weighted by atomic mass is 16.5. The van der Waals surface area contributed by atoms with Gasteiger partial charge in [-0.2, -0.15) is 0 Å². The topological polar surface area (TPSA) is 76.0 Å². The molecule has 0 saturated carbocycles.